The van der Waals surface area contributed by atoms with Crippen LogP contribution >= 0.6 is 11.8 Å². The number of aromatic amines is 1. The molecule has 0 fully saturated rings. The lowest BCUT2D eigenvalue weighted by Crippen LogP contribution is -2.02. The van der Waals surface area contributed by atoms with E-state index < -0.39 is 0 Å². The van der Waals surface area contributed by atoms with Crippen molar-refractivity contribution in [1.82, 2.24) is 29.5 Å². The zero-order valence-corrected chi connectivity index (χ0v) is 16.1. The molecule has 0 atom stereocenters. The summed E-state index contributed by atoms with van der Waals surface area (Å²) in [5.41, 5.74) is 5.59. The fourth-order valence-corrected chi connectivity index (χ4v) is 3.78. The fraction of sp³-hybridized carbons (Fsp3) is 0.143. The number of H-pyrrole nitrogens is 1. The van der Waals surface area contributed by atoms with Crippen molar-refractivity contribution in [1.29, 1.82) is 0 Å². The van der Waals surface area contributed by atoms with Crippen LogP contribution in [-0.2, 0) is 5.75 Å². The number of imidazole rings is 1. The number of nitrogens with zero attached hydrogens (tertiary/aromatic N) is 5. The number of hydrogen-bond acceptors (Lipinski definition) is 5. The van der Waals surface area contributed by atoms with Crippen LogP contribution in [0.1, 0.15) is 12.7 Å². The summed E-state index contributed by atoms with van der Waals surface area (Å²) in [5, 5.41) is 4.75. The van der Waals surface area contributed by atoms with Crippen LogP contribution in [0.5, 0.6) is 0 Å². The molecule has 5 aromatic rings. The van der Waals surface area contributed by atoms with Gasteiger partial charge >= 0.3 is 0 Å². The maximum atomic E-state index is 4.79. The lowest BCUT2D eigenvalue weighted by molar-refractivity contribution is 0.868. The summed E-state index contributed by atoms with van der Waals surface area (Å²) in [5.74, 6) is 3.34. The minimum atomic E-state index is 0.678. The first-order chi connectivity index (χ1) is 13.8. The molecule has 2 aromatic carbocycles. The van der Waals surface area contributed by atoms with Gasteiger partial charge in [-0.2, -0.15) is 16.3 Å². The molecule has 0 aliphatic heterocycles. The second-order valence-electron chi connectivity index (χ2n) is 6.38. The van der Waals surface area contributed by atoms with Gasteiger partial charge in [0.25, 0.3) is 0 Å². The average Bonchev–Trinajstić information content (AvgIpc) is 3.39. The van der Waals surface area contributed by atoms with Gasteiger partial charge in [-0.05, 0) is 16.9 Å². The van der Waals surface area contributed by atoms with E-state index in [1.807, 2.05) is 22.7 Å². The van der Waals surface area contributed by atoms with Gasteiger partial charge in [-0.25, -0.2) is 15.0 Å². The lowest BCUT2D eigenvalue weighted by atomic mass is 10.0. The topological polar surface area (TPSA) is 71.8 Å². The van der Waals surface area contributed by atoms with Gasteiger partial charge in [-0.3, -0.25) is 0 Å². The zero-order valence-electron chi connectivity index (χ0n) is 15.3. The molecule has 1 N–H and O–H groups in total. The summed E-state index contributed by atoms with van der Waals surface area (Å²) in [4.78, 5) is 16.9. The number of fused-ring (bicyclic) bond motifs is 3. The van der Waals surface area contributed by atoms with Gasteiger partial charge in [0.1, 0.15) is 11.3 Å². The molecule has 0 bridgehead atoms. The van der Waals surface area contributed by atoms with Crippen molar-refractivity contribution in [3.05, 3.63) is 66.7 Å². The van der Waals surface area contributed by atoms with E-state index in [9.17, 15) is 0 Å². The van der Waals surface area contributed by atoms with Crippen molar-refractivity contribution < 1.29 is 0 Å². The summed E-state index contributed by atoms with van der Waals surface area (Å²) in [7, 11) is 0. The molecular formula is C21H18N6S. The van der Waals surface area contributed by atoms with Crippen molar-refractivity contribution in [2.24, 2.45) is 0 Å². The van der Waals surface area contributed by atoms with E-state index in [1.165, 1.54) is 11.1 Å². The maximum absolute atomic E-state index is 4.79. The lowest BCUT2D eigenvalue weighted by Gasteiger charge is -2.02. The Bertz CT molecular complexity index is 1240. The molecule has 0 unspecified atom stereocenters. The third-order valence-electron chi connectivity index (χ3n) is 4.62. The van der Waals surface area contributed by atoms with Gasteiger partial charge in [-0.1, -0.05) is 61.5 Å². The predicted molar refractivity (Wildman–Crippen MR) is 113 cm³/mol. The van der Waals surface area contributed by atoms with Crippen molar-refractivity contribution in [2.75, 3.05) is 5.75 Å². The number of benzene rings is 2. The molecule has 28 heavy (non-hydrogen) atoms. The second-order valence-corrected chi connectivity index (χ2v) is 7.65. The zero-order chi connectivity index (χ0) is 18.9. The van der Waals surface area contributed by atoms with Crippen LogP contribution in [0.4, 0.5) is 0 Å². The quantitative estimate of drug-likeness (QED) is 0.478. The Hall–Kier alpha value is -3.19. The first kappa shape index (κ1) is 16.9. The van der Waals surface area contributed by atoms with Crippen LogP contribution in [0.25, 0.3) is 39.3 Å². The average molecular weight is 386 g/mol. The van der Waals surface area contributed by atoms with E-state index in [0.29, 0.717) is 11.5 Å². The van der Waals surface area contributed by atoms with Crippen LogP contribution in [0.3, 0.4) is 0 Å². The summed E-state index contributed by atoms with van der Waals surface area (Å²) in [6, 6.07) is 18.7. The molecule has 0 spiro atoms. The highest BCUT2D eigenvalue weighted by Gasteiger charge is 2.16. The number of aromatic nitrogens is 6. The largest absolute Gasteiger partial charge is 0.340 e. The van der Waals surface area contributed by atoms with E-state index in [-0.39, 0.29) is 0 Å². The number of rotatable bonds is 5. The molecule has 0 aliphatic carbocycles. The normalized spacial score (nSPS) is 11.5. The van der Waals surface area contributed by atoms with Gasteiger partial charge in [0.2, 0.25) is 0 Å². The Morgan fingerprint density at radius 2 is 1.68 bits per heavy atom. The van der Waals surface area contributed by atoms with Crippen molar-refractivity contribution in [2.45, 2.75) is 12.7 Å². The highest BCUT2D eigenvalue weighted by atomic mass is 32.2. The van der Waals surface area contributed by atoms with Crippen LogP contribution in [-0.4, -0.2) is 35.3 Å². The Balaban J connectivity index is 1.59. The van der Waals surface area contributed by atoms with Crippen LogP contribution < -0.4 is 0 Å². The Morgan fingerprint density at radius 1 is 0.929 bits per heavy atom. The molecule has 5 rings (SSSR count). The van der Waals surface area contributed by atoms with E-state index in [0.717, 1.165) is 34.1 Å². The van der Waals surface area contributed by atoms with Gasteiger partial charge in [0.05, 0.1) is 12.1 Å². The summed E-state index contributed by atoms with van der Waals surface area (Å²) < 4.78 is 1.84. The predicted octanol–water partition coefficient (Wildman–Crippen LogP) is 4.59. The third kappa shape index (κ3) is 2.93. The number of hydrogen-bond donors (Lipinski definition) is 1. The summed E-state index contributed by atoms with van der Waals surface area (Å²) in [6.07, 6.45) is 1.65. The van der Waals surface area contributed by atoms with E-state index >= 15 is 0 Å². The summed E-state index contributed by atoms with van der Waals surface area (Å²) in [6.45, 7) is 2.13. The highest BCUT2D eigenvalue weighted by Crippen LogP contribution is 2.25. The minimum Gasteiger partial charge on any atom is -0.340 e. The second kappa shape index (κ2) is 7.09. The van der Waals surface area contributed by atoms with Crippen LogP contribution in [0, 0.1) is 0 Å². The van der Waals surface area contributed by atoms with Gasteiger partial charge < -0.3 is 4.98 Å². The molecule has 0 radical (unpaired) electrons. The molecule has 7 heteroatoms. The smallest absolute Gasteiger partial charge is 0.185 e. The highest BCUT2D eigenvalue weighted by molar-refractivity contribution is 7.98. The van der Waals surface area contributed by atoms with Crippen molar-refractivity contribution in [3.63, 3.8) is 0 Å². The number of thioether (sulfide) groups is 1. The van der Waals surface area contributed by atoms with Crippen molar-refractivity contribution in [3.8, 4) is 22.5 Å². The third-order valence-corrected chi connectivity index (χ3v) is 5.49. The molecular weight excluding hydrogens is 368 g/mol. The van der Waals surface area contributed by atoms with Gasteiger partial charge in [0, 0.05) is 5.56 Å². The molecule has 3 aromatic heterocycles. The number of nitrogens with one attached hydrogen (secondary N) is 1. The molecule has 138 valence electrons. The first-order valence-corrected chi connectivity index (χ1v) is 10.3. The molecule has 3 heterocycles. The van der Waals surface area contributed by atoms with Crippen molar-refractivity contribution >= 4 is 28.6 Å². The molecule has 0 aliphatic rings. The summed E-state index contributed by atoms with van der Waals surface area (Å²) >= 11 is 1.80. The molecule has 0 saturated carbocycles. The monoisotopic (exact) mass is 386 g/mol. The minimum absolute atomic E-state index is 0.678. The van der Waals surface area contributed by atoms with E-state index in [4.69, 9.17) is 10.1 Å². The fourth-order valence-electron chi connectivity index (χ4n) is 3.21. The first-order valence-electron chi connectivity index (χ1n) is 9.16. The Morgan fingerprint density at radius 3 is 2.46 bits per heavy atom. The SMILES string of the molecule is CCSCc1nc2nc[nH]c2c2nc(-c3ccc(-c4ccccc4)cc3)nn12. The van der Waals surface area contributed by atoms with E-state index in [1.54, 1.807) is 18.1 Å². The standard InChI is InChI=1S/C21H18N6S/c1-2-28-12-17-24-20-18(22-13-23-20)21-25-19(26-27(17)21)16-10-8-15(9-11-16)14-6-4-3-5-7-14/h3-11,13H,2,12H2,1H3,(H,22,23). The molecule has 6 nitrogen and oxygen atoms in total. The van der Waals surface area contributed by atoms with E-state index in [2.05, 4.69) is 58.3 Å². The maximum Gasteiger partial charge on any atom is 0.185 e. The Labute approximate surface area is 166 Å². The van der Waals surface area contributed by atoms with Crippen LogP contribution in [0.15, 0.2) is 60.9 Å². The van der Waals surface area contributed by atoms with Gasteiger partial charge in [-0.15, -0.1) is 5.10 Å². The molecule has 0 amide bonds. The van der Waals surface area contributed by atoms with Crippen LogP contribution in [0.2, 0.25) is 0 Å². The van der Waals surface area contributed by atoms with Gasteiger partial charge in [0.15, 0.2) is 17.1 Å². The molecule has 0 saturated heterocycles. The Kier molecular flexibility index (Phi) is 4.29.